The van der Waals surface area contributed by atoms with Gasteiger partial charge in [-0.05, 0) is 12.1 Å². The van der Waals surface area contributed by atoms with Gasteiger partial charge in [-0.25, -0.2) is 4.39 Å². The predicted octanol–water partition coefficient (Wildman–Crippen LogP) is 3.79. The fraction of sp³-hybridized carbons (Fsp3) is 0.176. The van der Waals surface area contributed by atoms with Gasteiger partial charge in [0.25, 0.3) is 0 Å². The number of halogens is 1. The number of para-hydroxylation sites is 1. The molecule has 0 amide bonds. The van der Waals surface area contributed by atoms with Crippen LogP contribution in [0.25, 0.3) is 11.4 Å². The zero-order valence-corrected chi connectivity index (χ0v) is 13.5. The fourth-order valence-electron chi connectivity index (χ4n) is 2.13. The van der Waals surface area contributed by atoms with E-state index in [0.29, 0.717) is 12.4 Å². The average molecular weight is 329 g/mol. The summed E-state index contributed by atoms with van der Waals surface area (Å²) in [6.07, 6.45) is 0. The maximum absolute atomic E-state index is 13.4. The van der Waals surface area contributed by atoms with Gasteiger partial charge < -0.3 is 9.30 Å². The Balaban J connectivity index is 1.57. The molecule has 0 N–H and O–H groups in total. The minimum Gasteiger partial charge on any atom is -0.490 e. The van der Waals surface area contributed by atoms with Gasteiger partial charge in [0.1, 0.15) is 0 Å². The number of benzene rings is 2. The molecule has 3 aromatic rings. The zero-order valence-electron chi connectivity index (χ0n) is 12.6. The van der Waals surface area contributed by atoms with Crippen molar-refractivity contribution in [1.82, 2.24) is 14.8 Å². The van der Waals surface area contributed by atoms with Crippen molar-refractivity contribution >= 4 is 11.8 Å². The number of hydrogen-bond donors (Lipinski definition) is 0. The normalized spacial score (nSPS) is 10.7. The maximum atomic E-state index is 13.4. The van der Waals surface area contributed by atoms with Crippen LogP contribution in [-0.4, -0.2) is 27.1 Å². The number of hydrogen-bond acceptors (Lipinski definition) is 4. The molecule has 6 heteroatoms. The summed E-state index contributed by atoms with van der Waals surface area (Å²) < 4.78 is 20.8. The lowest BCUT2D eigenvalue weighted by Gasteiger charge is -2.07. The molecule has 0 aliphatic heterocycles. The summed E-state index contributed by atoms with van der Waals surface area (Å²) in [6.45, 7) is 0.402. The minimum atomic E-state index is -0.345. The van der Waals surface area contributed by atoms with Gasteiger partial charge in [-0.15, -0.1) is 10.2 Å². The van der Waals surface area contributed by atoms with E-state index in [4.69, 9.17) is 4.74 Å². The van der Waals surface area contributed by atoms with Gasteiger partial charge in [-0.3, -0.25) is 0 Å². The monoisotopic (exact) mass is 329 g/mol. The third-order valence-electron chi connectivity index (χ3n) is 3.28. The predicted molar refractivity (Wildman–Crippen MR) is 89.1 cm³/mol. The van der Waals surface area contributed by atoms with Crippen LogP contribution in [0.2, 0.25) is 0 Å². The van der Waals surface area contributed by atoms with Crippen LogP contribution in [0.5, 0.6) is 5.75 Å². The molecule has 2 aromatic carbocycles. The highest BCUT2D eigenvalue weighted by Gasteiger charge is 2.10. The summed E-state index contributed by atoms with van der Waals surface area (Å²) in [5.74, 6) is 1.41. The fourth-order valence-corrected chi connectivity index (χ4v) is 2.85. The van der Waals surface area contributed by atoms with E-state index in [1.165, 1.54) is 17.8 Å². The lowest BCUT2D eigenvalue weighted by Crippen LogP contribution is -2.03. The topological polar surface area (TPSA) is 39.9 Å². The van der Waals surface area contributed by atoms with Crippen molar-refractivity contribution in [2.75, 3.05) is 12.4 Å². The number of thioether (sulfide) groups is 1. The molecule has 0 unspecified atom stereocenters. The van der Waals surface area contributed by atoms with Crippen LogP contribution in [0.15, 0.2) is 59.8 Å². The number of aromatic nitrogens is 3. The van der Waals surface area contributed by atoms with Crippen LogP contribution < -0.4 is 4.74 Å². The second kappa shape index (κ2) is 7.28. The third-order valence-corrected chi connectivity index (χ3v) is 4.26. The largest absolute Gasteiger partial charge is 0.490 e. The molecule has 1 aromatic heterocycles. The van der Waals surface area contributed by atoms with Crippen LogP contribution in [0, 0.1) is 5.82 Å². The first kappa shape index (κ1) is 15.6. The molecule has 0 aliphatic rings. The molecule has 0 saturated heterocycles. The summed E-state index contributed by atoms with van der Waals surface area (Å²) in [5, 5.41) is 9.24. The van der Waals surface area contributed by atoms with Crippen LogP contribution in [0.1, 0.15) is 0 Å². The van der Waals surface area contributed by atoms with Gasteiger partial charge in [0.2, 0.25) is 0 Å². The Morgan fingerprint density at radius 1 is 1.04 bits per heavy atom. The SMILES string of the molecule is Cn1c(SCCOc2ccccc2F)nnc1-c1ccccc1. The van der Waals surface area contributed by atoms with Crippen molar-refractivity contribution in [3.8, 4) is 17.1 Å². The summed E-state index contributed by atoms with van der Waals surface area (Å²) >= 11 is 1.53. The Bertz CT molecular complexity index is 777. The number of rotatable bonds is 6. The minimum absolute atomic E-state index is 0.274. The van der Waals surface area contributed by atoms with E-state index in [0.717, 1.165) is 16.5 Å². The molecule has 23 heavy (non-hydrogen) atoms. The van der Waals surface area contributed by atoms with Gasteiger partial charge in [0, 0.05) is 18.4 Å². The standard InChI is InChI=1S/C17H16FN3OS/c1-21-16(13-7-3-2-4-8-13)19-20-17(21)23-12-11-22-15-10-6-5-9-14(15)18/h2-10H,11-12H2,1H3. The van der Waals surface area contributed by atoms with E-state index in [1.807, 2.05) is 41.9 Å². The second-order valence-electron chi connectivity index (χ2n) is 4.86. The quantitative estimate of drug-likeness (QED) is 0.509. The van der Waals surface area contributed by atoms with Crippen LogP contribution in [0.3, 0.4) is 0 Å². The van der Waals surface area contributed by atoms with E-state index < -0.39 is 0 Å². The first-order chi connectivity index (χ1) is 11.3. The molecule has 0 spiro atoms. The Kier molecular flexibility index (Phi) is 4.92. The van der Waals surface area contributed by atoms with E-state index in [2.05, 4.69) is 10.2 Å². The van der Waals surface area contributed by atoms with E-state index in [1.54, 1.807) is 18.2 Å². The molecule has 0 saturated carbocycles. The summed E-state index contributed by atoms with van der Waals surface area (Å²) in [4.78, 5) is 0. The van der Waals surface area contributed by atoms with Crippen molar-refractivity contribution in [2.24, 2.45) is 7.05 Å². The highest BCUT2D eigenvalue weighted by molar-refractivity contribution is 7.99. The van der Waals surface area contributed by atoms with Crippen molar-refractivity contribution < 1.29 is 9.13 Å². The molecular formula is C17H16FN3OS. The molecule has 118 valence electrons. The van der Waals surface area contributed by atoms with Gasteiger partial charge in [-0.1, -0.05) is 54.2 Å². The van der Waals surface area contributed by atoms with E-state index in [9.17, 15) is 4.39 Å². The first-order valence-electron chi connectivity index (χ1n) is 7.20. The first-order valence-corrected chi connectivity index (χ1v) is 8.19. The molecule has 1 heterocycles. The van der Waals surface area contributed by atoms with Crippen molar-refractivity contribution in [2.45, 2.75) is 5.16 Å². The Labute approximate surface area is 138 Å². The average Bonchev–Trinajstić information content (AvgIpc) is 2.95. The van der Waals surface area contributed by atoms with Gasteiger partial charge in [0.05, 0.1) is 6.61 Å². The molecule has 0 bridgehead atoms. The molecule has 0 atom stereocenters. The smallest absolute Gasteiger partial charge is 0.191 e. The lowest BCUT2D eigenvalue weighted by molar-refractivity contribution is 0.325. The summed E-state index contributed by atoms with van der Waals surface area (Å²) in [7, 11) is 1.93. The summed E-state index contributed by atoms with van der Waals surface area (Å²) in [6, 6.07) is 16.3. The van der Waals surface area contributed by atoms with Gasteiger partial charge in [0.15, 0.2) is 22.5 Å². The Hall–Kier alpha value is -2.34. The highest BCUT2D eigenvalue weighted by atomic mass is 32.2. The van der Waals surface area contributed by atoms with Gasteiger partial charge in [-0.2, -0.15) is 0 Å². The molecule has 0 fully saturated rings. The molecular weight excluding hydrogens is 313 g/mol. The molecule has 3 rings (SSSR count). The van der Waals surface area contributed by atoms with Gasteiger partial charge >= 0.3 is 0 Å². The van der Waals surface area contributed by atoms with Crippen molar-refractivity contribution in [1.29, 1.82) is 0 Å². The van der Waals surface area contributed by atoms with E-state index >= 15 is 0 Å². The second-order valence-corrected chi connectivity index (χ2v) is 5.92. The molecule has 0 aliphatic carbocycles. The third kappa shape index (κ3) is 3.71. The molecule has 0 radical (unpaired) electrons. The zero-order chi connectivity index (χ0) is 16.1. The van der Waals surface area contributed by atoms with Crippen LogP contribution >= 0.6 is 11.8 Å². The molecule has 4 nitrogen and oxygen atoms in total. The lowest BCUT2D eigenvalue weighted by atomic mass is 10.2. The van der Waals surface area contributed by atoms with Crippen molar-refractivity contribution in [3.63, 3.8) is 0 Å². The van der Waals surface area contributed by atoms with Crippen LogP contribution in [0.4, 0.5) is 4.39 Å². The Morgan fingerprint density at radius 2 is 1.78 bits per heavy atom. The Morgan fingerprint density at radius 3 is 2.57 bits per heavy atom. The number of nitrogens with zero attached hydrogens (tertiary/aromatic N) is 3. The number of ether oxygens (including phenoxy) is 1. The van der Waals surface area contributed by atoms with Crippen molar-refractivity contribution in [3.05, 3.63) is 60.4 Å². The van der Waals surface area contributed by atoms with E-state index in [-0.39, 0.29) is 11.6 Å². The van der Waals surface area contributed by atoms with Crippen LogP contribution in [-0.2, 0) is 7.05 Å². The maximum Gasteiger partial charge on any atom is 0.191 e. The summed E-state index contributed by atoms with van der Waals surface area (Å²) in [5.41, 5.74) is 1.02. The highest BCUT2D eigenvalue weighted by Crippen LogP contribution is 2.22.